The number of amides is 1. The van der Waals surface area contributed by atoms with E-state index in [4.69, 9.17) is 4.74 Å². The van der Waals surface area contributed by atoms with Gasteiger partial charge in [-0.3, -0.25) is 4.79 Å². The van der Waals surface area contributed by atoms with Crippen molar-refractivity contribution in [3.8, 4) is 11.8 Å². The monoisotopic (exact) mass is 481 g/mol. The summed E-state index contributed by atoms with van der Waals surface area (Å²) in [6.07, 6.45) is 3.97. The van der Waals surface area contributed by atoms with Crippen molar-refractivity contribution in [2.24, 2.45) is 0 Å². The second-order valence-electron chi connectivity index (χ2n) is 6.58. The second-order valence-corrected chi connectivity index (χ2v) is 7.50. The van der Waals surface area contributed by atoms with Gasteiger partial charge < -0.3 is 19.8 Å². The summed E-state index contributed by atoms with van der Waals surface area (Å²) in [5.41, 5.74) is 2.54. The molecule has 0 atom stereocenters. The number of para-hydroxylation sites is 1. The molecule has 2 N–H and O–H groups in total. The van der Waals surface area contributed by atoms with E-state index >= 15 is 0 Å². The molecule has 2 aromatic carbocycles. The zero-order valence-electron chi connectivity index (χ0n) is 16.8. The number of carbonyl (C=O) groups excluding carboxylic acids is 2. The first kappa shape index (κ1) is 22.1. The summed E-state index contributed by atoms with van der Waals surface area (Å²) in [6.45, 7) is 0.0988. The number of aromatic nitrogens is 1. The molecule has 0 radical (unpaired) electrons. The van der Waals surface area contributed by atoms with E-state index in [1.165, 1.54) is 13.2 Å². The van der Waals surface area contributed by atoms with E-state index in [9.17, 15) is 14.9 Å². The number of nitrogens with zero attached hydrogens (tertiary/aromatic N) is 1. The molecule has 0 saturated heterocycles. The highest BCUT2D eigenvalue weighted by Gasteiger charge is 2.13. The molecule has 0 aliphatic rings. The molecule has 158 valence electrons. The standard InChI is InChI=1S/C23H20BrN3O4/c1-30-22(28)14-31-21-7-6-18(24)11-16(21)10-17(12-25)23(29)26-9-8-15-13-27-20-5-3-2-4-19(15)20/h2-7,10-11,13,27H,8-9,14H2,1H3,(H,26,29)/b17-10-. The minimum absolute atomic E-state index is 0.0695. The molecule has 0 fully saturated rings. The smallest absolute Gasteiger partial charge is 0.343 e. The number of fused-ring (bicyclic) bond motifs is 1. The predicted molar refractivity (Wildman–Crippen MR) is 120 cm³/mol. The fourth-order valence-electron chi connectivity index (χ4n) is 3.01. The van der Waals surface area contributed by atoms with Crippen LogP contribution in [0.1, 0.15) is 11.1 Å². The van der Waals surface area contributed by atoms with Crippen molar-refractivity contribution < 1.29 is 19.1 Å². The van der Waals surface area contributed by atoms with Crippen LogP contribution < -0.4 is 10.1 Å². The van der Waals surface area contributed by atoms with Crippen LogP contribution in [0.4, 0.5) is 0 Å². The average molecular weight is 482 g/mol. The molecule has 3 rings (SSSR count). The minimum Gasteiger partial charge on any atom is -0.481 e. The molecular weight excluding hydrogens is 462 g/mol. The third-order valence-corrected chi connectivity index (χ3v) is 5.06. The molecule has 1 amide bonds. The SMILES string of the molecule is COC(=O)COc1ccc(Br)cc1/C=C(/C#N)C(=O)NCCc1c[nH]c2ccccc12. The summed E-state index contributed by atoms with van der Waals surface area (Å²) < 4.78 is 10.8. The van der Waals surface area contributed by atoms with Crippen LogP contribution in [0, 0.1) is 11.3 Å². The van der Waals surface area contributed by atoms with E-state index in [0.29, 0.717) is 24.3 Å². The van der Waals surface area contributed by atoms with Crippen molar-refractivity contribution in [1.82, 2.24) is 10.3 Å². The number of halogens is 1. The van der Waals surface area contributed by atoms with Crippen molar-refractivity contribution in [2.45, 2.75) is 6.42 Å². The molecule has 0 aliphatic heterocycles. The number of benzene rings is 2. The zero-order valence-corrected chi connectivity index (χ0v) is 18.4. The van der Waals surface area contributed by atoms with Gasteiger partial charge >= 0.3 is 5.97 Å². The Kier molecular flexibility index (Phi) is 7.46. The molecule has 1 heterocycles. The van der Waals surface area contributed by atoms with Gasteiger partial charge in [0.05, 0.1) is 7.11 Å². The van der Waals surface area contributed by atoms with Crippen LogP contribution in [0.5, 0.6) is 5.75 Å². The lowest BCUT2D eigenvalue weighted by Crippen LogP contribution is -2.26. The normalized spacial score (nSPS) is 11.1. The minimum atomic E-state index is -0.534. The van der Waals surface area contributed by atoms with E-state index in [-0.39, 0.29) is 12.2 Å². The summed E-state index contributed by atoms with van der Waals surface area (Å²) in [6, 6.07) is 14.9. The lowest BCUT2D eigenvalue weighted by atomic mass is 10.1. The fraction of sp³-hybridized carbons (Fsp3) is 0.174. The number of hydrogen-bond acceptors (Lipinski definition) is 5. The summed E-state index contributed by atoms with van der Waals surface area (Å²) in [5, 5.41) is 13.4. The molecule has 0 spiro atoms. The van der Waals surface area contributed by atoms with Crippen LogP contribution in [0.2, 0.25) is 0 Å². The van der Waals surface area contributed by atoms with Gasteiger partial charge in [-0.05, 0) is 42.3 Å². The van der Waals surface area contributed by atoms with Gasteiger partial charge in [0.15, 0.2) is 6.61 Å². The molecule has 0 aliphatic carbocycles. The van der Waals surface area contributed by atoms with Gasteiger partial charge in [0.2, 0.25) is 0 Å². The van der Waals surface area contributed by atoms with E-state index in [2.05, 4.69) is 31.0 Å². The summed E-state index contributed by atoms with van der Waals surface area (Å²) in [5.74, 6) is -0.664. The number of esters is 1. The lowest BCUT2D eigenvalue weighted by Gasteiger charge is -2.09. The maximum Gasteiger partial charge on any atom is 0.343 e. The van der Waals surface area contributed by atoms with Crippen LogP contribution in [-0.4, -0.2) is 37.1 Å². The number of hydrogen-bond donors (Lipinski definition) is 2. The number of methoxy groups -OCH3 is 1. The topological polar surface area (TPSA) is 104 Å². The van der Waals surface area contributed by atoms with E-state index < -0.39 is 11.9 Å². The second kappa shape index (κ2) is 10.5. The maximum absolute atomic E-state index is 12.5. The van der Waals surface area contributed by atoms with Gasteiger partial charge in [-0.2, -0.15) is 5.26 Å². The number of rotatable bonds is 8. The summed E-state index contributed by atoms with van der Waals surface area (Å²) in [7, 11) is 1.27. The Morgan fingerprint density at radius 3 is 2.84 bits per heavy atom. The molecule has 31 heavy (non-hydrogen) atoms. The van der Waals surface area contributed by atoms with Crippen LogP contribution in [0.3, 0.4) is 0 Å². The van der Waals surface area contributed by atoms with Crippen LogP contribution in [-0.2, 0) is 20.7 Å². The van der Waals surface area contributed by atoms with Crippen LogP contribution >= 0.6 is 15.9 Å². The molecule has 0 saturated carbocycles. The first-order chi connectivity index (χ1) is 15.0. The van der Waals surface area contributed by atoms with Crippen molar-refractivity contribution in [3.63, 3.8) is 0 Å². The molecular formula is C23H20BrN3O4. The molecule has 0 unspecified atom stereocenters. The fourth-order valence-corrected chi connectivity index (χ4v) is 3.39. The van der Waals surface area contributed by atoms with Gasteiger partial charge in [0.25, 0.3) is 5.91 Å². The Labute approximate surface area is 187 Å². The maximum atomic E-state index is 12.5. The molecule has 8 heteroatoms. The Balaban J connectivity index is 1.69. The Bertz CT molecular complexity index is 1180. The van der Waals surface area contributed by atoms with Gasteiger partial charge in [-0.1, -0.05) is 34.1 Å². The number of ether oxygens (including phenoxy) is 2. The highest BCUT2D eigenvalue weighted by Crippen LogP contribution is 2.26. The first-order valence-corrected chi connectivity index (χ1v) is 10.2. The first-order valence-electron chi connectivity index (χ1n) is 9.46. The van der Waals surface area contributed by atoms with Crippen molar-refractivity contribution in [3.05, 3.63) is 69.8 Å². The van der Waals surface area contributed by atoms with Crippen molar-refractivity contribution in [1.29, 1.82) is 5.26 Å². The van der Waals surface area contributed by atoms with Gasteiger partial charge in [-0.25, -0.2) is 4.79 Å². The zero-order chi connectivity index (χ0) is 22.2. The highest BCUT2D eigenvalue weighted by molar-refractivity contribution is 9.10. The van der Waals surface area contributed by atoms with Crippen molar-refractivity contribution >= 4 is 44.8 Å². The van der Waals surface area contributed by atoms with E-state index in [0.717, 1.165) is 20.9 Å². The van der Waals surface area contributed by atoms with E-state index in [1.807, 2.05) is 36.5 Å². The van der Waals surface area contributed by atoms with Gasteiger partial charge in [-0.15, -0.1) is 0 Å². The molecule has 7 nitrogen and oxygen atoms in total. The Morgan fingerprint density at radius 2 is 2.06 bits per heavy atom. The Morgan fingerprint density at radius 1 is 1.26 bits per heavy atom. The Hall–Kier alpha value is -3.57. The van der Waals surface area contributed by atoms with Gasteiger partial charge in [0.1, 0.15) is 17.4 Å². The largest absolute Gasteiger partial charge is 0.481 e. The van der Waals surface area contributed by atoms with Crippen molar-refractivity contribution in [2.75, 3.05) is 20.3 Å². The van der Waals surface area contributed by atoms with Gasteiger partial charge in [0, 0.05) is 33.7 Å². The molecule has 3 aromatic rings. The van der Waals surface area contributed by atoms with Crippen LogP contribution in [0.15, 0.2) is 58.7 Å². The number of aromatic amines is 1. The summed E-state index contributed by atoms with van der Waals surface area (Å²) in [4.78, 5) is 27.1. The lowest BCUT2D eigenvalue weighted by molar-refractivity contribution is -0.142. The predicted octanol–water partition coefficient (Wildman–Crippen LogP) is 3.75. The summed E-state index contributed by atoms with van der Waals surface area (Å²) >= 11 is 3.36. The van der Waals surface area contributed by atoms with Crippen LogP contribution in [0.25, 0.3) is 17.0 Å². The third kappa shape index (κ3) is 5.74. The average Bonchev–Trinajstić information content (AvgIpc) is 3.19. The highest BCUT2D eigenvalue weighted by atomic mass is 79.9. The molecule has 1 aromatic heterocycles. The number of nitrogens with one attached hydrogen (secondary N) is 2. The third-order valence-electron chi connectivity index (χ3n) is 4.56. The van der Waals surface area contributed by atoms with E-state index in [1.54, 1.807) is 18.2 Å². The quantitative estimate of drug-likeness (QED) is 0.289. The molecule has 0 bridgehead atoms. The number of nitriles is 1. The number of H-pyrrole nitrogens is 1. The number of carbonyl (C=O) groups is 2.